The van der Waals surface area contributed by atoms with Crippen LogP contribution in [0.3, 0.4) is 0 Å². The Morgan fingerprint density at radius 2 is 1.79 bits per heavy atom. The minimum absolute atomic E-state index is 0.372. The summed E-state index contributed by atoms with van der Waals surface area (Å²) in [6, 6.07) is 0. The van der Waals surface area contributed by atoms with Crippen LogP contribution in [0.2, 0.25) is 0 Å². The molecule has 0 saturated carbocycles. The molecule has 0 bridgehead atoms. The minimum Gasteiger partial charge on any atom is -0.388 e. The lowest BCUT2D eigenvalue weighted by Crippen LogP contribution is -2.53. The van der Waals surface area contributed by atoms with Gasteiger partial charge in [0.2, 0.25) is 0 Å². The molecule has 0 aliphatic carbocycles. The maximum Gasteiger partial charge on any atom is 0.472 e. The molecule has 0 amide bonds. The third-order valence-corrected chi connectivity index (χ3v) is 2.18. The monoisotopic (exact) mass is 230 g/mol. The number of aliphatic hydroxyl groups excluding tert-OH is 3. The highest BCUT2D eigenvalue weighted by Gasteiger charge is 2.41. The molecule has 1 heterocycles. The smallest absolute Gasteiger partial charge is 0.388 e. The lowest BCUT2D eigenvalue weighted by molar-refractivity contribution is -0.245. The number of phosphoric ester groups is 1. The third-order valence-electron chi connectivity index (χ3n) is 1.70. The van der Waals surface area contributed by atoms with E-state index < -0.39 is 32.4 Å². The summed E-state index contributed by atoms with van der Waals surface area (Å²) in [6.45, 7) is -0.372. The summed E-state index contributed by atoms with van der Waals surface area (Å²) in [6.07, 6.45) is -6.21. The van der Waals surface area contributed by atoms with Gasteiger partial charge < -0.3 is 29.8 Å². The lowest BCUT2D eigenvalue weighted by Gasteiger charge is -2.34. The van der Waals surface area contributed by atoms with Crippen molar-refractivity contribution in [1.29, 1.82) is 0 Å². The molecule has 5 N–H and O–H groups in total. The van der Waals surface area contributed by atoms with Crippen molar-refractivity contribution in [3.63, 3.8) is 0 Å². The topological polar surface area (TPSA) is 137 Å². The molecule has 1 unspecified atom stereocenters. The van der Waals surface area contributed by atoms with E-state index in [0.29, 0.717) is 0 Å². The number of aliphatic hydroxyl groups is 3. The maximum atomic E-state index is 10.4. The van der Waals surface area contributed by atoms with Crippen LogP contribution >= 0.6 is 7.82 Å². The van der Waals surface area contributed by atoms with Gasteiger partial charge in [0.05, 0.1) is 6.61 Å². The predicted molar refractivity (Wildman–Crippen MR) is 40.9 cm³/mol. The molecule has 0 aromatic rings. The molecular formula is C5H11O8P. The van der Waals surface area contributed by atoms with Gasteiger partial charge in [-0.2, -0.15) is 0 Å². The van der Waals surface area contributed by atoms with Crippen LogP contribution < -0.4 is 0 Å². The zero-order valence-electron chi connectivity index (χ0n) is 6.92. The highest BCUT2D eigenvalue weighted by atomic mass is 31.2. The Morgan fingerprint density at radius 1 is 1.21 bits per heavy atom. The number of hydrogen-bond acceptors (Lipinski definition) is 6. The molecule has 9 heteroatoms. The van der Waals surface area contributed by atoms with Crippen molar-refractivity contribution in [2.24, 2.45) is 0 Å². The summed E-state index contributed by atoms with van der Waals surface area (Å²) in [4.78, 5) is 16.8. The zero-order valence-corrected chi connectivity index (χ0v) is 7.82. The first-order valence-corrected chi connectivity index (χ1v) is 5.24. The fourth-order valence-electron chi connectivity index (χ4n) is 1.01. The second-order valence-corrected chi connectivity index (χ2v) is 4.04. The molecule has 8 nitrogen and oxygen atoms in total. The Labute approximate surface area is 78.9 Å². The van der Waals surface area contributed by atoms with Gasteiger partial charge in [-0.05, 0) is 0 Å². The second-order valence-electron chi connectivity index (χ2n) is 2.85. The first-order valence-electron chi connectivity index (χ1n) is 3.71. The van der Waals surface area contributed by atoms with Gasteiger partial charge in [-0.3, -0.25) is 4.52 Å². The Morgan fingerprint density at radius 3 is 2.29 bits per heavy atom. The van der Waals surface area contributed by atoms with Crippen molar-refractivity contribution < 1.29 is 38.9 Å². The molecule has 1 rings (SSSR count). The van der Waals surface area contributed by atoms with Gasteiger partial charge in [0.15, 0.2) is 6.29 Å². The summed E-state index contributed by atoms with van der Waals surface area (Å²) < 4.78 is 19.0. The molecule has 0 spiro atoms. The van der Waals surface area contributed by atoms with E-state index >= 15 is 0 Å². The van der Waals surface area contributed by atoms with E-state index in [1.54, 1.807) is 0 Å². The van der Waals surface area contributed by atoms with Crippen LogP contribution in [0.15, 0.2) is 0 Å². The van der Waals surface area contributed by atoms with E-state index in [9.17, 15) is 4.57 Å². The fraction of sp³-hybridized carbons (Fsp3) is 1.00. The standard InChI is InChI=1S/C5H11O8P/c6-2-1-12-5(4(8)3(2)7)13-14(9,10)11/h2-8H,1H2,(H2,9,10,11)/t2-,3+,4?,5-/m1/s1. The van der Waals surface area contributed by atoms with Gasteiger partial charge in [0.25, 0.3) is 0 Å². The molecule has 1 fully saturated rings. The Bertz CT molecular complexity index is 238. The van der Waals surface area contributed by atoms with Crippen molar-refractivity contribution in [1.82, 2.24) is 0 Å². The number of phosphoric acid groups is 1. The average molecular weight is 230 g/mol. The van der Waals surface area contributed by atoms with Crippen LogP contribution in [-0.4, -0.2) is 56.3 Å². The Kier molecular flexibility index (Phi) is 3.62. The third kappa shape index (κ3) is 2.97. The van der Waals surface area contributed by atoms with Crippen LogP contribution in [-0.2, 0) is 13.8 Å². The van der Waals surface area contributed by atoms with Gasteiger partial charge in [0.1, 0.15) is 18.3 Å². The lowest BCUT2D eigenvalue weighted by atomic mass is 10.1. The molecule has 1 saturated heterocycles. The van der Waals surface area contributed by atoms with E-state index in [4.69, 9.17) is 25.1 Å². The van der Waals surface area contributed by atoms with E-state index in [2.05, 4.69) is 9.26 Å². The Hall–Kier alpha value is -0.0500. The molecule has 84 valence electrons. The molecule has 14 heavy (non-hydrogen) atoms. The van der Waals surface area contributed by atoms with Gasteiger partial charge >= 0.3 is 7.82 Å². The van der Waals surface area contributed by atoms with Crippen molar-refractivity contribution in [3.8, 4) is 0 Å². The fourth-order valence-corrected chi connectivity index (χ4v) is 1.46. The number of hydrogen-bond donors (Lipinski definition) is 5. The van der Waals surface area contributed by atoms with Crippen LogP contribution in [0.4, 0.5) is 0 Å². The van der Waals surface area contributed by atoms with Crippen LogP contribution in [0.5, 0.6) is 0 Å². The number of ether oxygens (including phenoxy) is 1. The predicted octanol–water partition coefficient (Wildman–Crippen LogP) is -2.47. The summed E-state index contributed by atoms with van der Waals surface area (Å²) in [5, 5.41) is 27.2. The molecule has 0 radical (unpaired) electrons. The zero-order chi connectivity index (χ0) is 10.9. The van der Waals surface area contributed by atoms with Gasteiger partial charge in [-0.25, -0.2) is 4.57 Å². The SMILES string of the molecule is O=P(O)(O)O[C@H]1OC[C@@H](O)[C@H](O)C1O. The van der Waals surface area contributed by atoms with Crippen molar-refractivity contribution in [3.05, 3.63) is 0 Å². The highest BCUT2D eigenvalue weighted by Crippen LogP contribution is 2.39. The number of rotatable bonds is 2. The molecule has 1 aliphatic rings. The van der Waals surface area contributed by atoms with E-state index in [1.165, 1.54) is 0 Å². The summed E-state index contributed by atoms with van der Waals surface area (Å²) in [5.74, 6) is 0. The summed E-state index contributed by atoms with van der Waals surface area (Å²) >= 11 is 0. The minimum atomic E-state index is -4.80. The molecule has 0 aromatic heterocycles. The van der Waals surface area contributed by atoms with Gasteiger partial charge in [-0.15, -0.1) is 0 Å². The quantitative estimate of drug-likeness (QED) is 0.329. The normalized spacial score (nSPS) is 39.8. The molecule has 1 aliphatic heterocycles. The first-order chi connectivity index (χ1) is 6.31. The summed E-state index contributed by atoms with van der Waals surface area (Å²) in [7, 11) is -4.80. The molecule has 0 aromatic carbocycles. The largest absolute Gasteiger partial charge is 0.472 e. The van der Waals surface area contributed by atoms with Crippen LogP contribution in [0.25, 0.3) is 0 Å². The van der Waals surface area contributed by atoms with Crippen molar-refractivity contribution in [2.45, 2.75) is 24.6 Å². The Balaban J connectivity index is 2.60. The van der Waals surface area contributed by atoms with E-state index in [1.807, 2.05) is 0 Å². The van der Waals surface area contributed by atoms with Gasteiger partial charge in [-0.1, -0.05) is 0 Å². The summed E-state index contributed by atoms with van der Waals surface area (Å²) in [5.41, 5.74) is 0. The highest BCUT2D eigenvalue weighted by molar-refractivity contribution is 7.46. The second kappa shape index (κ2) is 4.21. The average Bonchev–Trinajstić information content (AvgIpc) is 2.04. The molecule has 4 atom stereocenters. The maximum absolute atomic E-state index is 10.4. The van der Waals surface area contributed by atoms with Crippen molar-refractivity contribution >= 4 is 7.82 Å². The van der Waals surface area contributed by atoms with Crippen molar-refractivity contribution in [2.75, 3.05) is 6.61 Å². The van der Waals surface area contributed by atoms with E-state index in [-0.39, 0.29) is 6.61 Å². The van der Waals surface area contributed by atoms with Crippen LogP contribution in [0, 0.1) is 0 Å². The van der Waals surface area contributed by atoms with Gasteiger partial charge in [0, 0.05) is 0 Å². The van der Waals surface area contributed by atoms with Crippen LogP contribution in [0.1, 0.15) is 0 Å². The molecular weight excluding hydrogens is 219 g/mol. The first kappa shape index (κ1) is 12.0. The van der Waals surface area contributed by atoms with E-state index in [0.717, 1.165) is 0 Å².